The van der Waals surface area contributed by atoms with Gasteiger partial charge >= 0.3 is 5.97 Å². The number of carboxylic acid groups (broad SMARTS) is 1. The Bertz CT molecular complexity index is 1140. The van der Waals surface area contributed by atoms with Crippen LogP contribution in [0.2, 0.25) is 0 Å². The highest BCUT2D eigenvalue weighted by molar-refractivity contribution is 5.79. The number of benzene rings is 2. The van der Waals surface area contributed by atoms with Crippen LogP contribution in [0.4, 0.5) is 0 Å². The number of methoxy groups -OCH3 is 1. The van der Waals surface area contributed by atoms with Crippen LogP contribution in [0.5, 0.6) is 17.2 Å². The standard InChI is InChI=1S/C31H43N3O6/c1-5-6-16-33(17-8-7-15-32(2)3)28(35)20-34-19-25(23-11-14-26-27(18-23)40-21-39-26)29(31(36)37)30(34)22-9-12-24(38-4)13-10-22/h9-14,18,25,29-30H,5-8,15-17,19-21H2,1-4H3,(H,36,37)/t25-,29+,30-/m1/s1. The van der Waals surface area contributed by atoms with Crippen molar-refractivity contribution in [1.29, 1.82) is 0 Å². The fraction of sp³-hybridized carbons (Fsp3) is 0.548. The molecule has 9 heteroatoms. The van der Waals surface area contributed by atoms with Crippen molar-refractivity contribution in [3.8, 4) is 17.2 Å². The van der Waals surface area contributed by atoms with Crippen LogP contribution < -0.4 is 14.2 Å². The van der Waals surface area contributed by atoms with Crippen LogP contribution >= 0.6 is 0 Å². The molecule has 0 unspecified atom stereocenters. The summed E-state index contributed by atoms with van der Waals surface area (Å²) < 4.78 is 16.4. The van der Waals surface area contributed by atoms with E-state index in [1.807, 2.05) is 47.4 Å². The summed E-state index contributed by atoms with van der Waals surface area (Å²) in [6.07, 6.45) is 3.91. The molecule has 0 bridgehead atoms. The molecule has 1 N–H and O–H groups in total. The van der Waals surface area contributed by atoms with Crippen molar-refractivity contribution in [3.05, 3.63) is 53.6 Å². The second-order valence-electron chi connectivity index (χ2n) is 11.0. The highest BCUT2D eigenvalue weighted by Gasteiger charge is 2.48. The van der Waals surface area contributed by atoms with E-state index < -0.39 is 17.9 Å². The Morgan fingerprint density at radius 1 is 0.975 bits per heavy atom. The molecule has 218 valence electrons. The molecule has 0 aromatic heterocycles. The van der Waals surface area contributed by atoms with Crippen molar-refractivity contribution in [2.75, 3.05) is 60.7 Å². The maximum absolute atomic E-state index is 13.8. The topological polar surface area (TPSA) is 91.8 Å². The first-order valence-corrected chi connectivity index (χ1v) is 14.2. The van der Waals surface area contributed by atoms with Gasteiger partial charge in [0.1, 0.15) is 5.75 Å². The Labute approximate surface area is 237 Å². The summed E-state index contributed by atoms with van der Waals surface area (Å²) in [5, 5.41) is 10.5. The van der Waals surface area contributed by atoms with Gasteiger partial charge in [-0.05, 0) is 75.3 Å². The Hall–Kier alpha value is -3.30. The molecular formula is C31H43N3O6. The average Bonchev–Trinajstić information content (AvgIpc) is 3.57. The molecule has 2 aromatic rings. The number of hydrogen-bond acceptors (Lipinski definition) is 7. The number of aliphatic carboxylic acids is 1. The van der Waals surface area contributed by atoms with Crippen LogP contribution in [-0.2, 0) is 9.59 Å². The lowest BCUT2D eigenvalue weighted by molar-refractivity contribution is -0.144. The van der Waals surface area contributed by atoms with Gasteiger partial charge in [0.05, 0.1) is 19.6 Å². The number of unbranched alkanes of at least 4 members (excludes halogenated alkanes) is 2. The summed E-state index contributed by atoms with van der Waals surface area (Å²) in [7, 11) is 5.72. The van der Waals surface area contributed by atoms with Gasteiger partial charge in [-0.25, -0.2) is 0 Å². The number of amides is 1. The second kappa shape index (κ2) is 13.9. The molecular weight excluding hydrogens is 510 g/mol. The summed E-state index contributed by atoms with van der Waals surface area (Å²) in [5.74, 6) is 0.0833. The zero-order chi connectivity index (χ0) is 28.6. The molecule has 40 heavy (non-hydrogen) atoms. The molecule has 4 rings (SSSR count). The number of carbonyl (C=O) groups excluding carboxylic acids is 1. The molecule has 3 atom stereocenters. The lowest BCUT2D eigenvalue weighted by Crippen LogP contribution is -2.42. The van der Waals surface area contributed by atoms with Crippen molar-refractivity contribution in [3.63, 3.8) is 0 Å². The smallest absolute Gasteiger partial charge is 0.309 e. The average molecular weight is 554 g/mol. The summed E-state index contributed by atoms with van der Waals surface area (Å²) in [4.78, 5) is 32.8. The van der Waals surface area contributed by atoms with Gasteiger partial charge in [-0.1, -0.05) is 31.5 Å². The molecule has 2 aliphatic rings. The molecule has 9 nitrogen and oxygen atoms in total. The van der Waals surface area contributed by atoms with Gasteiger partial charge < -0.3 is 29.1 Å². The Morgan fingerprint density at radius 3 is 2.33 bits per heavy atom. The fourth-order valence-corrected chi connectivity index (χ4v) is 5.79. The normalized spacial score (nSPS) is 20.2. The number of carbonyl (C=O) groups is 2. The van der Waals surface area contributed by atoms with E-state index in [-0.39, 0.29) is 25.2 Å². The minimum absolute atomic E-state index is 0.0484. The van der Waals surface area contributed by atoms with Crippen LogP contribution in [0.1, 0.15) is 55.7 Å². The molecule has 2 aromatic carbocycles. The van der Waals surface area contributed by atoms with Gasteiger partial charge in [0, 0.05) is 31.6 Å². The van der Waals surface area contributed by atoms with Gasteiger partial charge in [-0.15, -0.1) is 0 Å². The number of fused-ring (bicyclic) bond motifs is 1. The molecule has 2 aliphatic heterocycles. The van der Waals surface area contributed by atoms with Crippen LogP contribution in [0.25, 0.3) is 0 Å². The lowest BCUT2D eigenvalue weighted by atomic mass is 9.82. The van der Waals surface area contributed by atoms with Gasteiger partial charge in [-0.3, -0.25) is 14.5 Å². The Balaban J connectivity index is 1.61. The fourth-order valence-electron chi connectivity index (χ4n) is 5.79. The SMILES string of the molecule is CCCCN(CCCCN(C)C)C(=O)CN1C[C@H](c2ccc3c(c2)OCO3)[C@H](C(=O)O)[C@H]1c1ccc(OC)cc1. The van der Waals surface area contributed by atoms with E-state index in [0.29, 0.717) is 36.9 Å². The number of hydrogen-bond donors (Lipinski definition) is 1. The van der Waals surface area contributed by atoms with Crippen molar-refractivity contribution in [1.82, 2.24) is 14.7 Å². The third-order valence-corrected chi connectivity index (χ3v) is 7.92. The summed E-state index contributed by atoms with van der Waals surface area (Å²) in [5.41, 5.74) is 1.73. The van der Waals surface area contributed by atoms with Crippen LogP contribution in [-0.4, -0.2) is 92.4 Å². The van der Waals surface area contributed by atoms with Gasteiger partial charge in [0.2, 0.25) is 12.7 Å². The molecule has 0 aliphatic carbocycles. The van der Waals surface area contributed by atoms with Crippen molar-refractivity contribution < 1.29 is 28.9 Å². The third-order valence-electron chi connectivity index (χ3n) is 7.92. The van der Waals surface area contributed by atoms with Crippen LogP contribution in [0, 0.1) is 5.92 Å². The Morgan fingerprint density at radius 2 is 1.65 bits per heavy atom. The Kier molecular flexibility index (Phi) is 10.3. The maximum Gasteiger partial charge on any atom is 0.309 e. The maximum atomic E-state index is 13.8. The van der Waals surface area contributed by atoms with Crippen LogP contribution in [0.15, 0.2) is 42.5 Å². The zero-order valence-electron chi connectivity index (χ0n) is 24.2. The summed E-state index contributed by atoms with van der Waals surface area (Å²) in [6.45, 7) is 5.30. The van der Waals surface area contributed by atoms with E-state index in [1.54, 1.807) is 7.11 Å². The van der Waals surface area contributed by atoms with Crippen LogP contribution in [0.3, 0.4) is 0 Å². The van der Waals surface area contributed by atoms with E-state index >= 15 is 0 Å². The van der Waals surface area contributed by atoms with E-state index in [1.165, 1.54) is 0 Å². The van der Waals surface area contributed by atoms with Gasteiger partial charge in [-0.2, -0.15) is 0 Å². The van der Waals surface area contributed by atoms with Gasteiger partial charge in [0.25, 0.3) is 0 Å². The number of likely N-dealkylation sites (tertiary alicyclic amines) is 1. The highest BCUT2D eigenvalue weighted by atomic mass is 16.7. The van der Waals surface area contributed by atoms with Gasteiger partial charge in [0.15, 0.2) is 11.5 Å². The minimum atomic E-state index is -0.884. The largest absolute Gasteiger partial charge is 0.497 e. The van der Waals surface area contributed by atoms with E-state index in [2.05, 4.69) is 30.8 Å². The number of ether oxygens (including phenoxy) is 3. The molecule has 1 amide bonds. The summed E-state index contributed by atoms with van der Waals surface area (Å²) in [6, 6.07) is 12.7. The van der Waals surface area contributed by atoms with Crippen molar-refractivity contribution in [2.45, 2.75) is 44.6 Å². The zero-order valence-corrected chi connectivity index (χ0v) is 24.2. The summed E-state index contributed by atoms with van der Waals surface area (Å²) >= 11 is 0. The van der Waals surface area contributed by atoms with E-state index in [4.69, 9.17) is 14.2 Å². The number of carboxylic acids is 1. The monoisotopic (exact) mass is 553 g/mol. The highest BCUT2D eigenvalue weighted by Crippen LogP contribution is 2.47. The first-order valence-electron chi connectivity index (χ1n) is 14.2. The second-order valence-corrected chi connectivity index (χ2v) is 11.0. The van der Waals surface area contributed by atoms with Crippen molar-refractivity contribution >= 4 is 11.9 Å². The minimum Gasteiger partial charge on any atom is -0.497 e. The predicted molar refractivity (Wildman–Crippen MR) is 153 cm³/mol. The molecule has 1 saturated heterocycles. The van der Waals surface area contributed by atoms with Crippen molar-refractivity contribution in [2.24, 2.45) is 5.92 Å². The first-order chi connectivity index (χ1) is 19.3. The number of rotatable bonds is 14. The predicted octanol–water partition coefficient (Wildman–Crippen LogP) is 4.24. The molecule has 2 heterocycles. The molecule has 0 radical (unpaired) electrons. The first kappa shape index (κ1) is 29.7. The van der Waals surface area contributed by atoms with E-state index in [0.717, 1.165) is 43.4 Å². The molecule has 1 fully saturated rings. The van der Waals surface area contributed by atoms with E-state index in [9.17, 15) is 14.7 Å². The third kappa shape index (κ3) is 7.06. The quantitative estimate of drug-likeness (QED) is 0.348. The lowest BCUT2D eigenvalue weighted by Gasteiger charge is -2.30. The number of nitrogens with zero attached hydrogens (tertiary/aromatic N) is 3. The molecule has 0 spiro atoms. The molecule has 0 saturated carbocycles.